The van der Waals surface area contributed by atoms with Gasteiger partial charge in [-0.15, -0.1) is 10.2 Å². The first-order valence-electron chi connectivity index (χ1n) is 14.0. The Bertz CT molecular complexity index is 1060. The van der Waals surface area contributed by atoms with Gasteiger partial charge in [0, 0.05) is 30.6 Å². The van der Waals surface area contributed by atoms with E-state index in [1.165, 1.54) is 12.1 Å². The molecule has 1 aromatic heterocycles. The van der Waals surface area contributed by atoms with Gasteiger partial charge in [-0.05, 0) is 107 Å². The standard InChI is InChI=1S/C29H38FN5O3/c30-24-5-3-22(4-6-24)28(36)23-12-15-34(16-13-23)14-11-21-1-7-25(8-2-21)31-29(37)26-9-10-27(33-32-26)35-17-19-38-20-18-35/h3-6,9-10,21,23,25H,1-2,7-8,11-20H2,(H,31,37). The molecule has 1 amide bonds. The Balaban J connectivity index is 0.986. The number of carbonyl (C=O) groups excluding carboxylic acids is 2. The van der Waals surface area contributed by atoms with Crippen molar-refractivity contribution in [2.75, 3.05) is 50.8 Å². The lowest BCUT2D eigenvalue weighted by atomic mass is 9.83. The number of ketones is 1. The molecule has 1 aliphatic carbocycles. The van der Waals surface area contributed by atoms with Gasteiger partial charge in [-0.3, -0.25) is 9.59 Å². The maximum atomic E-state index is 13.2. The molecule has 2 aromatic rings. The largest absolute Gasteiger partial charge is 0.378 e. The van der Waals surface area contributed by atoms with Crippen molar-refractivity contribution < 1.29 is 18.7 Å². The van der Waals surface area contributed by atoms with Crippen LogP contribution in [0, 0.1) is 17.7 Å². The van der Waals surface area contributed by atoms with Gasteiger partial charge in [0.25, 0.3) is 5.91 Å². The summed E-state index contributed by atoms with van der Waals surface area (Å²) in [4.78, 5) is 30.0. The van der Waals surface area contributed by atoms with Crippen LogP contribution in [0.1, 0.15) is 65.8 Å². The molecule has 0 radical (unpaired) electrons. The van der Waals surface area contributed by atoms with Crippen molar-refractivity contribution >= 4 is 17.5 Å². The number of hydrogen-bond acceptors (Lipinski definition) is 7. The van der Waals surface area contributed by atoms with E-state index in [1.807, 2.05) is 6.07 Å². The van der Waals surface area contributed by atoms with Crippen LogP contribution < -0.4 is 10.2 Å². The molecule has 2 saturated heterocycles. The van der Waals surface area contributed by atoms with Crippen LogP contribution in [0.3, 0.4) is 0 Å². The van der Waals surface area contributed by atoms with Gasteiger partial charge in [0.1, 0.15) is 5.82 Å². The summed E-state index contributed by atoms with van der Waals surface area (Å²) in [7, 11) is 0. The second-order valence-corrected chi connectivity index (χ2v) is 10.8. The fraction of sp³-hybridized carbons (Fsp3) is 0.586. The Morgan fingerprint density at radius 1 is 0.895 bits per heavy atom. The van der Waals surface area contributed by atoms with Crippen molar-refractivity contribution in [2.24, 2.45) is 11.8 Å². The van der Waals surface area contributed by atoms with E-state index in [2.05, 4.69) is 25.3 Å². The number of carbonyl (C=O) groups is 2. The number of morpholine rings is 1. The molecule has 0 unspecified atom stereocenters. The molecule has 38 heavy (non-hydrogen) atoms. The van der Waals surface area contributed by atoms with Crippen LogP contribution in [0.4, 0.5) is 10.2 Å². The fourth-order valence-corrected chi connectivity index (χ4v) is 5.90. The van der Waals surface area contributed by atoms with Gasteiger partial charge in [0.05, 0.1) is 13.2 Å². The lowest BCUT2D eigenvalue weighted by Crippen LogP contribution is -2.40. The molecule has 1 aromatic carbocycles. The maximum absolute atomic E-state index is 13.2. The highest BCUT2D eigenvalue weighted by Crippen LogP contribution is 2.29. The minimum Gasteiger partial charge on any atom is -0.378 e. The van der Waals surface area contributed by atoms with E-state index in [1.54, 1.807) is 18.2 Å². The van der Waals surface area contributed by atoms with Crippen LogP contribution >= 0.6 is 0 Å². The number of halogens is 1. The van der Waals surface area contributed by atoms with E-state index < -0.39 is 0 Å². The summed E-state index contributed by atoms with van der Waals surface area (Å²) in [6.07, 6.45) is 7.11. The summed E-state index contributed by atoms with van der Waals surface area (Å²) in [6, 6.07) is 9.73. The summed E-state index contributed by atoms with van der Waals surface area (Å²) in [5.41, 5.74) is 0.983. The fourth-order valence-electron chi connectivity index (χ4n) is 5.90. The topological polar surface area (TPSA) is 87.7 Å². The number of Topliss-reactive ketones (excluding diaryl/α,β-unsaturated/α-hetero) is 1. The van der Waals surface area contributed by atoms with Crippen LogP contribution in [0.15, 0.2) is 36.4 Å². The van der Waals surface area contributed by atoms with E-state index in [0.29, 0.717) is 30.4 Å². The lowest BCUT2D eigenvalue weighted by Gasteiger charge is -2.34. The zero-order valence-corrected chi connectivity index (χ0v) is 22.0. The van der Waals surface area contributed by atoms with Gasteiger partial charge in [-0.1, -0.05) is 0 Å². The third-order valence-corrected chi connectivity index (χ3v) is 8.34. The summed E-state index contributed by atoms with van der Waals surface area (Å²) < 4.78 is 18.5. The Morgan fingerprint density at radius 3 is 2.26 bits per heavy atom. The molecule has 3 heterocycles. The smallest absolute Gasteiger partial charge is 0.272 e. The predicted octanol–water partition coefficient (Wildman–Crippen LogP) is 3.73. The van der Waals surface area contributed by atoms with Crippen LogP contribution in [-0.4, -0.2) is 78.8 Å². The van der Waals surface area contributed by atoms with Crippen molar-refractivity contribution in [1.82, 2.24) is 20.4 Å². The summed E-state index contributed by atoms with van der Waals surface area (Å²) in [5, 5.41) is 11.6. The molecular formula is C29H38FN5O3. The number of rotatable bonds is 8. The highest BCUT2D eigenvalue weighted by Gasteiger charge is 2.28. The molecule has 0 bridgehead atoms. The van der Waals surface area contributed by atoms with E-state index in [0.717, 1.165) is 83.5 Å². The van der Waals surface area contributed by atoms with Crippen molar-refractivity contribution in [1.29, 1.82) is 0 Å². The first-order chi connectivity index (χ1) is 18.5. The molecular weight excluding hydrogens is 485 g/mol. The number of likely N-dealkylation sites (tertiary alicyclic amines) is 1. The van der Waals surface area contributed by atoms with Crippen molar-refractivity contribution in [3.8, 4) is 0 Å². The monoisotopic (exact) mass is 523 g/mol. The minimum atomic E-state index is -0.309. The highest BCUT2D eigenvalue weighted by atomic mass is 19.1. The molecule has 9 heteroatoms. The summed E-state index contributed by atoms with van der Waals surface area (Å²) in [6.45, 7) is 5.89. The third kappa shape index (κ3) is 6.94. The molecule has 3 fully saturated rings. The number of piperidine rings is 1. The van der Waals surface area contributed by atoms with Crippen molar-refractivity contribution in [3.05, 3.63) is 53.5 Å². The second-order valence-electron chi connectivity index (χ2n) is 10.8. The van der Waals surface area contributed by atoms with Gasteiger partial charge in [0.2, 0.25) is 0 Å². The molecule has 5 rings (SSSR count). The third-order valence-electron chi connectivity index (χ3n) is 8.34. The minimum absolute atomic E-state index is 0.0380. The SMILES string of the molecule is O=C(NC1CCC(CCN2CCC(C(=O)c3ccc(F)cc3)CC2)CC1)c1ccc(N2CCOCC2)nn1. The normalized spacial score (nSPS) is 23.2. The van der Waals surface area contributed by atoms with E-state index in [-0.39, 0.29) is 29.5 Å². The summed E-state index contributed by atoms with van der Waals surface area (Å²) in [5.74, 6) is 1.19. The first-order valence-corrected chi connectivity index (χ1v) is 14.0. The van der Waals surface area contributed by atoms with Gasteiger partial charge < -0.3 is 19.9 Å². The maximum Gasteiger partial charge on any atom is 0.272 e. The predicted molar refractivity (Wildman–Crippen MR) is 143 cm³/mol. The number of nitrogens with one attached hydrogen (secondary N) is 1. The number of aromatic nitrogens is 2. The number of amides is 1. The molecule has 1 N–H and O–H groups in total. The Morgan fingerprint density at radius 2 is 1.61 bits per heavy atom. The molecule has 8 nitrogen and oxygen atoms in total. The Hall–Kier alpha value is -2.91. The number of ether oxygens (including phenoxy) is 1. The van der Waals surface area contributed by atoms with Gasteiger partial charge in [0.15, 0.2) is 17.3 Å². The first kappa shape index (κ1) is 26.7. The van der Waals surface area contributed by atoms with Crippen molar-refractivity contribution in [2.45, 2.75) is 51.0 Å². The van der Waals surface area contributed by atoms with Crippen LogP contribution in [-0.2, 0) is 4.74 Å². The van der Waals surface area contributed by atoms with E-state index in [4.69, 9.17) is 4.74 Å². The molecule has 0 spiro atoms. The second kappa shape index (κ2) is 12.8. The quantitative estimate of drug-likeness (QED) is 0.528. The van der Waals surface area contributed by atoms with Gasteiger partial charge in [-0.2, -0.15) is 0 Å². The van der Waals surface area contributed by atoms with E-state index in [9.17, 15) is 14.0 Å². The summed E-state index contributed by atoms with van der Waals surface area (Å²) >= 11 is 0. The molecule has 204 valence electrons. The molecule has 0 atom stereocenters. The number of benzene rings is 1. The van der Waals surface area contributed by atoms with Crippen molar-refractivity contribution in [3.63, 3.8) is 0 Å². The molecule has 2 aliphatic heterocycles. The number of nitrogens with zero attached hydrogens (tertiary/aromatic N) is 4. The molecule has 3 aliphatic rings. The number of hydrogen-bond donors (Lipinski definition) is 1. The average Bonchev–Trinajstić information content (AvgIpc) is 2.97. The van der Waals surface area contributed by atoms with Crippen LogP contribution in [0.25, 0.3) is 0 Å². The Kier molecular flexibility index (Phi) is 8.96. The highest BCUT2D eigenvalue weighted by molar-refractivity contribution is 5.97. The number of anilines is 1. The zero-order valence-electron chi connectivity index (χ0n) is 22.0. The molecule has 1 saturated carbocycles. The van der Waals surface area contributed by atoms with Crippen LogP contribution in [0.5, 0.6) is 0 Å². The Labute approximate surface area is 223 Å². The average molecular weight is 524 g/mol. The lowest BCUT2D eigenvalue weighted by molar-refractivity contribution is 0.0832. The van der Waals surface area contributed by atoms with Crippen LogP contribution in [0.2, 0.25) is 0 Å². The van der Waals surface area contributed by atoms with Gasteiger partial charge in [-0.25, -0.2) is 4.39 Å². The van der Waals surface area contributed by atoms with Gasteiger partial charge >= 0.3 is 0 Å². The van der Waals surface area contributed by atoms with E-state index >= 15 is 0 Å². The zero-order chi connectivity index (χ0) is 26.3.